The molecule has 0 spiro atoms. The van der Waals surface area contributed by atoms with E-state index in [-0.39, 0.29) is 24.6 Å². The molecule has 0 fully saturated rings. The number of primary amides is 1. The molecule has 32 heavy (non-hydrogen) atoms. The molecule has 2 aromatic heterocycles. The quantitative estimate of drug-likeness (QED) is 0.389. The van der Waals surface area contributed by atoms with Crippen LogP contribution < -0.4 is 16.4 Å². The lowest BCUT2D eigenvalue weighted by Crippen LogP contribution is -2.17. The zero-order chi connectivity index (χ0) is 22.5. The number of nitrogens with one attached hydrogen (secondary N) is 2. The number of anilines is 2. The summed E-state index contributed by atoms with van der Waals surface area (Å²) in [7, 11) is 0. The van der Waals surface area contributed by atoms with Crippen molar-refractivity contribution in [1.82, 2.24) is 15.0 Å². The molecule has 4 rings (SSSR count). The summed E-state index contributed by atoms with van der Waals surface area (Å²) in [6, 6.07) is 15.7. The zero-order valence-electron chi connectivity index (χ0n) is 17.0. The molecule has 1 amide bonds. The fourth-order valence-corrected chi connectivity index (χ4v) is 3.09. The fourth-order valence-electron chi connectivity index (χ4n) is 3.09. The zero-order valence-corrected chi connectivity index (χ0v) is 17.0. The monoisotopic (exact) mass is 434 g/mol. The van der Waals surface area contributed by atoms with Crippen LogP contribution in [0, 0.1) is 11.6 Å². The van der Waals surface area contributed by atoms with Crippen molar-refractivity contribution in [2.24, 2.45) is 5.73 Å². The first kappa shape index (κ1) is 21.1. The molecule has 4 N–H and O–H groups in total. The Labute approximate surface area is 182 Å². The van der Waals surface area contributed by atoms with Crippen molar-refractivity contribution < 1.29 is 13.6 Å². The van der Waals surface area contributed by atoms with Crippen molar-refractivity contribution in [3.8, 4) is 11.3 Å². The molecule has 2 aromatic carbocycles. The summed E-state index contributed by atoms with van der Waals surface area (Å²) in [5.41, 5.74) is 8.56. The van der Waals surface area contributed by atoms with Gasteiger partial charge in [0.25, 0.3) is 0 Å². The van der Waals surface area contributed by atoms with Crippen LogP contribution in [0.5, 0.6) is 0 Å². The minimum Gasteiger partial charge on any atom is -0.370 e. The second kappa shape index (κ2) is 9.34. The van der Waals surface area contributed by atoms with E-state index in [4.69, 9.17) is 5.73 Å². The van der Waals surface area contributed by atoms with Gasteiger partial charge in [0.2, 0.25) is 11.9 Å². The molecule has 9 heteroatoms. The van der Waals surface area contributed by atoms with Gasteiger partial charge >= 0.3 is 0 Å². The van der Waals surface area contributed by atoms with Gasteiger partial charge in [0.1, 0.15) is 17.2 Å². The van der Waals surface area contributed by atoms with Crippen LogP contribution in [-0.4, -0.2) is 27.4 Å². The number of carbonyl (C=O) groups excluding carboxylic acids is 1. The molecule has 0 aliphatic carbocycles. The van der Waals surface area contributed by atoms with Gasteiger partial charge in [-0.2, -0.15) is 4.98 Å². The Morgan fingerprint density at radius 2 is 1.53 bits per heavy atom. The Balaban J connectivity index is 1.66. The number of hydrogen-bond donors (Lipinski definition) is 3. The number of amides is 1. The summed E-state index contributed by atoms with van der Waals surface area (Å²) < 4.78 is 26.4. The SMILES string of the molecule is NC(=O)CCNc1nc(NCc2ccc(F)cc2)nc2ccc(-c3ccc(F)cc3)nc12. The van der Waals surface area contributed by atoms with Crippen molar-refractivity contribution in [1.29, 1.82) is 0 Å². The van der Waals surface area contributed by atoms with Gasteiger partial charge in [-0.05, 0) is 54.1 Å². The van der Waals surface area contributed by atoms with Crippen molar-refractivity contribution >= 4 is 28.7 Å². The van der Waals surface area contributed by atoms with Gasteiger partial charge in [0.15, 0.2) is 5.82 Å². The molecule has 0 aliphatic rings. The Bertz CT molecular complexity index is 1250. The van der Waals surface area contributed by atoms with Gasteiger partial charge in [-0.25, -0.2) is 18.7 Å². The van der Waals surface area contributed by atoms with Crippen LogP contribution in [-0.2, 0) is 11.3 Å². The first-order valence-electron chi connectivity index (χ1n) is 9.93. The van der Waals surface area contributed by atoms with Crippen molar-refractivity contribution in [2.75, 3.05) is 17.2 Å². The molecule has 0 aliphatic heterocycles. The number of nitrogens with two attached hydrogens (primary N) is 1. The number of hydrogen-bond acceptors (Lipinski definition) is 6. The van der Waals surface area contributed by atoms with E-state index in [1.54, 1.807) is 36.4 Å². The molecule has 0 radical (unpaired) electrons. The molecule has 0 saturated carbocycles. The number of carbonyl (C=O) groups is 1. The fraction of sp³-hybridized carbons (Fsp3) is 0.130. The van der Waals surface area contributed by atoms with E-state index in [0.29, 0.717) is 35.0 Å². The average Bonchev–Trinajstić information content (AvgIpc) is 2.79. The molecule has 0 saturated heterocycles. The minimum atomic E-state index is -0.439. The van der Waals surface area contributed by atoms with Crippen molar-refractivity contribution in [2.45, 2.75) is 13.0 Å². The van der Waals surface area contributed by atoms with E-state index < -0.39 is 5.91 Å². The topological polar surface area (TPSA) is 106 Å². The van der Waals surface area contributed by atoms with Crippen molar-refractivity contribution in [3.63, 3.8) is 0 Å². The molecular weight excluding hydrogens is 414 g/mol. The largest absolute Gasteiger partial charge is 0.370 e. The number of fused-ring (bicyclic) bond motifs is 1. The number of pyridine rings is 1. The Morgan fingerprint density at radius 1 is 0.844 bits per heavy atom. The van der Waals surface area contributed by atoms with Crippen LogP contribution in [0.1, 0.15) is 12.0 Å². The maximum Gasteiger partial charge on any atom is 0.225 e. The second-order valence-electron chi connectivity index (χ2n) is 7.09. The smallest absolute Gasteiger partial charge is 0.225 e. The lowest BCUT2D eigenvalue weighted by molar-refractivity contribution is -0.117. The van der Waals surface area contributed by atoms with E-state index in [2.05, 4.69) is 25.6 Å². The molecular formula is C23H20F2N6O. The average molecular weight is 434 g/mol. The summed E-state index contributed by atoms with van der Waals surface area (Å²) in [6.07, 6.45) is 0.126. The number of rotatable bonds is 8. The van der Waals surface area contributed by atoms with Crippen LogP contribution in [0.25, 0.3) is 22.3 Å². The molecule has 0 unspecified atom stereocenters. The van der Waals surface area contributed by atoms with E-state index in [1.807, 2.05) is 0 Å². The van der Waals surface area contributed by atoms with E-state index >= 15 is 0 Å². The highest BCUT2D eigenvalue weighted by Crippen LogP contribution is 2.25. The number of halogens is 2. The van der Waals surface area contributed by atoms with Gasteiger partial charge < -0.3 is 16.4 Å². The number of benzene rings is 2. The highest BCUT2D eigenvalue weighted by Gasteiger charge is 2.12. The molecule has 0 atom stereocenters. The van der Waals surface area contributed by atoms with Gasteiger partial charge in [-0.1, -0.05) is 12.1 Å². The van der Waals surface area contributed by atoms with Gasteiger partial charge in [-0.3, -0.25) is 4.79 Å². The number of aromatic nitrogens is 3. The van der Waals surface area contributed by atoms with Gasteiger partial charge in [-0.15, -0.1) is 0 Å². The summed E-state index contributed by atoms with van der Waals surface area (Å²) in [6.45, 7) is 0.676. The van der Waals surface area contributed by atoms with Gasteiger partial charge in [0, 0.05) is 25.1 Å². The van der Waals surface area contributed by atoms with Crippen LogP contribution in [0.2, 0.25) is 0 Å². The maximum atomic E-state index is 13.3. The standard InChI is InChI=1S/C23H20F2N6O/c24-16-5-1-14(2-6-16)13-28-23-30-19-10-9-18(15-3-7-17(25)8-4-15)29-21(19)22(31-23)27-12-11-20(26)32/h1-10H,11-13H2,(H2,26,32)(H2,27,28,30,31). The van der Waals surface area contributed by atoms with E-state index in [9.17, 15) is 13.6 Å². The summed E-state index contributed by atoms with van der Waals surface area (Å²) >= 11 is 0. The van der Waals surface area contributed by atoms with Crippen molar-refractivity contribution in [3.05, 3.63) is 77.9 Å². The third-order valence-electron chi connectivity index (χ3n) is 4.71. The maximum absolute atomic E-state index is 13.3. The number of nitrogens with zero attached hydrogens (tertiary/aromatic N) is 3. The van der Waals surface area contributed by atoms with Crippen LogP contribution in [0.4, 0.5) is 20.5 Å². The van der Waals surface area contributed by atoms with Gasteiger partial charge in [0.05, 0.1) is 11.2 Å². The Hall–Kier alpha value is -4.14. The Morgan fingerprint density at radius 3 is 2.22 bits per heavy atom. The van der Waals surface area contributed by atoms with Crippen LogP contribution >= 0.6 is 0 Å². The molecule has 4 aromatic rings. The summed E-state index contributed by atoms with van der Waals surface area (Å²) in [5.74, 6) is -0.296. The normalized spacial score (nSPS) is 10.8. The van der Waals surface area contributed by atoms with E-state index in [0.717, 1.165) is 11.1 Å². The molecule has 162 valence electrons. The highest BCUT2D eigenvalue weighted by atomic mass is 19.1. The molecule has 2 heterocycles. The van der Waals surface area contributed by atoms with Crippen LogP contribution in [0.3, 0.4) is 0 Å². The second-order valence-corrected chi connectivity index (χ2v) is 7.09. The third kappa shape index (κ3) is 5.12. The first-order valence-corrected chi connectivity index (χ1v) is 9.93. The summed E-state index contributed by atoms with van der Waals surface area (Å²) in [4.78, 5) is 24.8. The minimum absolute atomic E-state index is 0.126. The first-order chi connectivity index (χ1) is 15.5. The lowest BCUT2D eigenvalue weighted by Gasteiger charge is -2.12. The van der Waals surface area contributed by atoms with E-state index in [1.165, 1.54) is 24.3 Å². The lowest BCUT2D eigenvalue weighted by atomic mass is 10.1. The summed E-state index contributed by atoms with van der Waals surface area (Å²) in [5, 5.41) is 6.21. The predicted molar refractivity (Wildman–Crippen MR) is 119 cm³/mol. The van der Waals surface area contributed by atoms with Crippen LogP contribution in [0.15, 0.2) is 60.7 Å². The molecule has 7 nitrogen and oxygen atoms in total. The highest BCUT2D eigenvalue weighted by molar-refractivity contribution is 5.88. The third-order valence-corrected chi connectivity index (χ3v) is 4.71. The predicted octanol–water partition coefficient (Wildman–Crippen LogP) is 3.87. The Kier molecular flexibility index (Phi) is 6.16. The molecule has 0 bridgehead atoms.